The van der Waals surface area contributed by atoms with Gasteiger partial charge >= 0.3 is 0 Å². The van der Waals surface area contributed by atoms with Gasteiger partial charge in [-0.1, -0.05) is 12.1 Å². The van der Waals surface area contributed by atoms with Gasteiger partial charge in [0.15, 0.2) is 0 Å². The van der Waals surface area contributed by atoms with Crippen LogP contribution in [0.25, 0.3) is 0 Å². The van der Waals surface area contributed by atoms with Crippen LogP contribution in [0.15, 0.2) is 34.1 Å². The van der Waals surface area contributed by atoms with Crippen molar-refractivity contribution in [3.63, 3.8) is 0 Å². The lowest BCUT2D eigenvalue weighted by Crippen LogP contribution is -2.42. The van der Waals surface area contributed by atoms with Crippen LogP contribution >= 0.6 is 24.2 Å². The summed E-state index contributed by atoms with van der Waals surface area (Å²) in [4.78, 5) is 1.21. The van der Waals surface area contributed by atoms with Crippen LogP contribution in [-0.2, 0) is 10.0 Å². The topological polar surface area (TPSA) is 63.4 Å². The van der Waals surface area contributed by atoms with Gasteiger partial charge in [-0.2, -0.15) is 4.31 Å². The molecule has 0 aliphatic carbocycles. The van der Waals surface area contributed by atoms with E-state index in [9.17, 15) is 8.42 Å². The molecule has 1 aromatic carbocycles. The highest BCUT2D eigenvalue weighted by molar-refractivity contribution is 7.99. The molecule has 7 heteroatoms. The number of piperidine rings is 1. The molecule has 2 N–H and O–H groups in total. The highest BCUT2D eigenvalue weighted by atomic mass is 35.5. The normalized spacial score (nSPS) is 18.0. The van der Waals surface area contributed by atoms with Gasteiger partial charge in [-0.3, -0.25) is 0 Å². The third-order valence-corrected chi connectivity index (χ3v) is 6.07. The number of nitrogens with two attached hydrogens (primary N) is 1. The maximum absolute atomic E-state index is 12.5. The standard InChI is InChI=1S/C12H18N2O2S2.ClH/c1-17-11-4-2-3-5-12(11)18(15,16)14-8-6-10(13)7-9-14;/h2-5,10H,6-9,13H2,1H3;1H. The Labute approximate surface area is 125 Å². The van der Waals surface area contributed by atoms with Gasteiger partial charge in [-0.25, -0.2) is 8.42 Å². The molecular weight excluding hydrogens is 304 g/mol. The molecular formula is C12H19ClN2O2S2. The zero-order valence-electron chi connectivity index (χ0n) is 10.8. The first-order valence-electron chi connectivity index (χ1n) is 5.94. The van der Waals surface area contributed by atoms with Crippen LogP contribution in [0.5, 0.6) is 0 Å². The van der Waals surface area contributed by atoms with Crippen LogP contribution in [-0.4, -0.2) is 38.1 Å². The first kappa shape index (κ1) is 16.8. The molecule has 1 saturated heterocycles. The molecule has 0 unspecified atom stereocenters. The molecule has 0 amide bonds. The van der Waals surface area contributed by atoms with Crippen molar-refractivity contribution < 1.29 is 8.42 Å². The molecule has 4 nitrogen and oxygen atoms in total. The summed E-state index contributed by atoms with van der Waals surface area (Å²) in [5.41, 5.74) is 5.81. The summed E-state index contributed by atoms with van der Waals surface area (Å²) in [5, 5.41) is 0. The molecule has 0 spiro atoms. The van der Waals surface area contributed by atoms with Crippen molar-refractivity contribution >= 4 is 34.2 Å². The second kappa shape index (κ2) is 6.95. The minimum atomic E-state index is -3.37. The van der Waals surface area contributed by atoms with E-state index in [1.54, 1.807) is 16.4 Å². The maximum atomic E-state index is 12.5. The second-order valence-corrected chi connectivity index (χ2v) is 7.15. The number of halogens is 1. The summed E-state index contributed by atoms with van der Waals surface area (Å²) >= 11 is 1.46. The highest BCUT2D eigenvalue weighted by Gasteiger charge is 2.29. The molecule has 2 rings (SSSR count). The molecule has 1 aromatic rings. The van der Waals surface area contributed by atoms with E-state index in [1.807, 2.05) is 18.4 Å². The Bertz CT molecular complexity index is 514. The predicted octanol–water partition coefficient (Wildman–Crippen LogP) is 1.94. The lowest BCUT2D eigenvalue weighted by Gasteiger charge is -2.29. The van der Waals surface area contributed by atoms with E-state index in [4.69, 9.17) is 5.73 Å². The third kappa shape index (κ3) is 3.64. The van der Waals surface area contributed by atoms with Crippen LogP contribution in [0.4, 0.5) is 0 Å². The van der Waals surface area contributed by atoms with Crippen molar-refractivity contribution in [2.24, 2.45) is 5.73 Å². The first-order chi connectivity index (χ1) is 8.55. The minimum absolute atomic E-state index is 0. The molecule has 0 bridgehead atoms. The number of hydrogen-bond acceptors (Lipinski definition) is 4. The SMILES string of the molecule is CSc1ccccc1S(=O)(=O)N1CCC(N)CC1.Cl. The third-order valence-electron chi connectivity index (χ3n) is 3.19. The Morgan fingerprint density at radius 2 is 1.84 bits per heavy atom. The van der Waals surface area contributed by atoms with Gasteiger partial charge in [0.05, 0.1) is 4.90 Å². The van der Waals surface area contributed by atoms with E-state index < -0.39 is 10.0 Å². The Hall–Kier alpha value is -0.270. The fourth-order valence-electron chi connectivity index (χ4n) is 2.09. The highest BCUT2D eigenvalue weighted by Crippen LogP contribution is 2.28. The van der Waals surface area contributed by atoms with Crippen molar-refractivity contribution in [3.8, 4) is 0 Å². The van der Waals surface area contributed by atoms with Crippen LogP contribution in [0.3, 0.4) is 0 Å². The van der Waals surface area contributed by atoms with Crippen molar-refractivity contribution in [3.05, 3.63) is 24.3 Å². The Morgan fingerprint density at radius 1 is 1.26 bits per heavy atom. The Balaban J connectivity index is 0.00000180. The van der Waals surface area contributed by atoms with Gasteiger partial charge in [0.25, 0.3) is 0 Å². The summed E-state index contributed by atoms with van der Waals surface area (Å²) in [7, 11) is -3.37. The Morgan fingerprint density at radius 3 is 2.42 bits per heavy atom. The molecule has 19 heavy (non-hydrogen) atoms. The smallest absolute Gasteiger partial charge is 0.244 e. The molecule has 108 valence electrons. The van der Waals surface area contributed by atoms with E-state index >= 15 is 0 Å². The van der Waals surface area contributed by atoms with Crippen LogP contribution in [0, 0.1) is 0 Å². The minimum Gasteiger partial charge on any atom is -0.328 e. The molecule has 1 aliphatic rings. The van der Waals surface area contributed by atoms with E-state index in [-0.39, 0.29) is 18.4 Å². The maximum Gasteiger partial charge on any atom is 0.244 e. The van der Waals surface area contributed by atoms with Gasteiger partial charge < -0.3 is 5.73 Å². The summed E-state index contributed by atoms with van der Waals surface area (Å²) in [5.74, 6) is 0. The summed E-state index contributed by atoms with van der Waals surface area (Å²) in [6, 6.07) is 7.27. The van der Waals surface area contributed by atoms with Gasteiger partial charge in [0, 0.05) is 24.0 Å². The zero-order valence-corrected chi connectivity index (χ0v) is 13.2. The molecule has 0 aromatic heterocycles. The quantitative estimate of drug-likeness (QED) is 0.864. The van der Waals surface area contributed by atoms with Crippen molar-refractivity contribution in [2.45, 2.75) is 28.7 Å². The molecule has 0 radical (unpaired) electrons. The molecule has 0 saturated carbocycles. The summed E-state index contributed by atoms with van der Waals surface area (Å²) in [6.07, 6.45) is 3.36. The molecule has 0 atom stereocenters. The van der Waals surface area contributed by atoms with E-state index in [2.05, 4.69) is 0 Å². The Kier molecular flexibility index (Phi) is 6.14. The average molecular weight is 323 g/mol. The van der Waals surface area contributed by atoms with Gasteiger partial charge in [0.1, 0.15) is 0 Å². The fourth-order valence-corrected chi connectivity index (χ4v) is 4.68. The summed E-state index contributed by atoms with van der Waals surface area (Å²) in [6.45, 7) is 1.04. The number of nitrogens with zero attached hydrogens (tertiary/aromatic N) is 1. The largest absolute Gasteiger partial charge is 0.328 e. The van der Waals surface area contributed by atoms with Crippen molar-refractivity contribution in [2.75, 3.05) is 19.3 Å². The molecule has 1 heterocycles. The zero-order chi connectivity index (χ0) is 13.2. The number of thioether (sulfide) groups is 1. The van der Waals surface area contributed by atoms with Crippen molar-refractivity contribution in [1.29, 1.82) is 0 Å². The number of rotatable bonds is 3. The van der Waals surface area contributed by atoms with Crippen LogP contribution < -0.4 is 5.73 Å². The van der Waals surface area contributed by atoms with Gasteiger partial charge in [-0.05, 0) is 31.2 Å². The van der Waals surface area contributed by atoms with Gasteiger partial charge in [-0.15, -0.1) is 24.2 Å². The number of sulfonamides is 1. The van der Waals surface area contributed by atoms with Gasteiger partial charge in [0.2, 0.25) is 10.0 Å². The molecule has 1 fully saturated rings. The average Bonchev–Trinajstić information content (AvgIpc) is 2.39. The first-order valence-corrected chi connectivity index (χ1v) is 8.61. The van der Waals surface area contributed by atoms with Crippen LogP contribution in [0.2, 0.25) is 0 Å². The predicted molar refractivity (Wildman–Crippen MR) is 81.4 cm³/mol. The van der Waals surface area contributed by atoms with Crippen molar-refractivity contribution in [1.82, 2.24) is 4.31 Å². The van der Waals surface area contributed by atoms with E-state index in [0.29, 0.717) is 18.0 Å². The second-order valence-electron chi connectivity index (χ2n) is 4.39. The lowest BCUT2D eigenvalue weighted by molar-refractivity contribution is 0.319. The number of hydrogen-bond donors (Lipinski definition) is 1. The molecule has 1 aliphatic heterocycles. The van der Waals surface area contributed by atoms with E-state index in [1.165, 1.54) is 11.8 Å². The fraction of sp³-hybridized carbons (Fsp3) is 0.500. The monoisotopic (exact) mass is 322 g/mol. The van der Waals surface area contributed by atoms with E-state index in [0.717, 1.165) is 17.7 Å². The number of benzene rings is 1. The van der Waals surface area contributed by atoms with Crippen LogP contribution in [0.1, 0.15) is 12.8 Å². The lowest BCUT2D eigenvalue weighted by atomic mass is 10.1. The summed E-state index contributed by atoms with van der Waals surface area (Å²) < 4.78 is 26.6.